The summed E-state index contributed by atoms with van der Waals surface area (Å²) < 4.78 is 12.7. The number of nitrogen functional groups attached to an aromatic ring is 1. The lowest BCUT2D eigenvalue weighted by Gasteiger charge is -2.00. The van der Waals surface area contributed by atoms with Crippen LogP contribution < -0.4 is 11.2 Å². The van der Waals surface area contributed by atoms with Gasteiger partial charge in [0.1, 0.15) is 5.82 Å². The van der Waals surface area contributed by atoms with Crippen LogP contribution in [0.1, 0.15) is 0 Å². The summed E-state index contributed by atoms with van der Waals surface area (Å²) >= 11 is 0. The van der Waals surface area contributed by atoms with E-state index in [2.05, 4.69) is 0 Å². The molecule has 0 atom stereocenters. The molecule has 6 heteroatoms. The number of hydrogen-bond acceptors (Lipinski definition) is 3. The second-order valence-electron chi connectivity index (χ2n) is 2.15. The van der Waals surface area contributed by atoms with E-state index in [4.69, 9.17) is 15.8 Å². The summed E-state index contributed by atoms with van der Waals surface area (Å²) in [6.45, 7) is 0. The fourth-order valence-electron chi connectivity index (χ4n) is 0.753. The van der Waals surface area contributed by atoms with Gasteiger partial charge in [-0.15, -0.1) is 12.4 Å². The van der Waals surface area contributed by atoms with E-state index in [1.165, 1.54) is 12.1 Å². The van der Waals surface area contributed by atoms with E-state index in [1.54, 1.807) is 0 Å². The molecule has 0 saturated heterocycles. The fourth-order valence-corrected chi connectivity index (χ4v) is 0.753. The second-order valence-corrected chi connectivity index (χ2v) is 2.15. The van der Waals surface area contributed by atoms with Crippen LogP contribution in [0.5, 0.6) is 0 Å². The smallest absolute Gasteiger partial charge is 0.423 e. The molecule has 0 saturated carbocycles. The molecule has 0 fully saturated rings. The molecule has 0 aliphatic carbocycles. The molecule has 0 aliphatic rings. The maximum Gasteiger partial charge on any atom is 0.491 e. The van der Waals surface area contributed by atoms with Crippen molar-refractivity contribution >= 4 is 30.7 Å². The Morgan fingerprint density at radius 1 is 1.33 bits per heavy atom. The van der Waals surface area contributed by atoms with Gasteiger partial charge < -0.3 is 15.8 Å². The molecule has 0 bridgehead atoms. The zero-order valence-corrected chi connectivity index (χ0v) is 6.88. The molecule has 0 aliphatic heterocycles. The number of nitrogens with two attached hydrogens (primary N) is 1. The first-order chi connectivity index (χ1) is 5.11. The third-order valence-corrected chi connectivity index (χ3v) is 1.30. The van der Waals surface area contributed by atoms with Gasteiger partial charge in [-0.25, -0.2) is 4.39 Å². The highest BCUT2D eigenvalue weighted by atomic mass is 35.5. The average Bonchev–Trinajstić information content (AvgIpc) is 1.85. The van der Waals surface area contributed by atoms with Gasteiger partial charge in [0, 0.05) is 11.2 Å². The summed E-state index contributed by atoms with van der Waals surface area (Å²) in [7, 11) is -1.78. The monoisotopic (exact) mass is 191 g/mol. The Morgan fingerprint density at radius 3 is 2.33 bits per heavy atom. The lowest BCUT2D eigenvalue weighted by molar-refractivity contribution is 0.423. The van der Waals surface area contributed by atoms with Gasteiger partial charge in [0.15, 0.2) is 0 Å². The first kappa shape index (κ1) is 11.2. The SMILES string of the molecule is Cl.Nc1ccc(B(O)O)c(F)c1. The molecule has 12 heavy (non-hydrogen) atoms. The standard InChI is InChI=1S/C6H7BFNO2.ClH/c8-6-3-4(9)1-2-5(6)7(10)11;/h1-3,10-11H,9H2;1H. The maximum atomic E-state index is 12.7. The Balaban J connectivity index is 0.00000121. The molecule has 0 heterocycles. The van der Waals surface area contributed by atoms with Gasteiger partial charge in [-0.05, 0) is 12.1 Å². The van der Waals surface area contributed by atoms with E-state index >= 15 is 0 Å². The molecular weight excluding hydrogens is 183 g/mol. The normalized spacial score (nSPS) is 8.92. The molecule has 0 aromatic heterocycles. The van der Waals surface area contributed by atoms with Crippen molar-refractivity contribution in [3.63, 3.8) is 0 Å². The van der Waals surface area contributed by atoms with Crippen LogP contribution >= 0.6 is 12.4 Å². The van der Waals surface area contributed by atoms with Crippen LogP contribution in [-0.2, 0) is 0 Å². The van der Waals surface area contributed by atoms with Crippen LogP contribution in [0, 0.1) is 5.82 Å². The Bertz CT molecular complexity index is 272. The van der Waals surface area contributed by atoms with Gasteiger partial charge in [-0.3, -0.25) is 0 Å². The molecule has 0 radical (unpaired) electrons. The van der Waals surface area contributed by atoms with Crippen LogP contribution in [0.25, 0.3) is 0 Å². The summed E-state index contributed by atoms with van der Waals surface area (Å²) in [5, 5.41) is 17.1. The van der Waals surface area contributed by atoms with Gasteiger partial charge in [-0.2, -0.15) is 0 Å². The number of anilines is 1. The number of halogens is 2. The van der Waals surface area contributed by atoms with Crippen molar-refractivity contribution < 1.29 is 14.4 Å². The van der Waals surface area contributed by atoms with Crippen molar-refractivity contribution in [2.75, 3.05) is 5.73 Å². The molecule has 3 nitrogen and oxygen atoms in total. The van der Waals surface area contributed by atoms with Crippen LogP contribution in [0.4, 0.5) is 10.1 Å². The van der Waals surface area contributed by atoms with E-state index in [9.17, 15) is 4.39 Å². The first-order valence-corrected chi connectivity index (χ1v) is 3.02. The van der Waals surface area contributed by atoms with Crippen LogP contribution in [-0.4, -0.2) is 17.2 Å². The predicted octanol–water partition coefficient (Wildman–Crippen LogP) is -0.490. The highest BCUT2D eigenvalue weighted by molar-refractivity contribution is 6.58. The van der Waals surface area contributed by atoms with Crippen molar-refractivity contribution in [3.8, 4) is 0 Å². The molecule has 66 valence electrons. The van der Waals surface area contributed by atoms with Crippen molar-refractivity contribution in [2.45, 2.75) is 0 Å². The Kier molecular flexibility index (Phi) is 4.02. The summed E-state index contributed by atoms with van der Waals surface area (Å²) in [6, 6.07) is 3.67. The average molecular weight is 191 g/mol. The van der Waals surface area contributed by atoms with E-state index < -0.39 is 12.9 Å². The van der Waals surface area contributed by atoms with Gasteiger partial charge in [-0.1, -0.05) is 6.07 Å². The van der Waals surface area contributed by atoms with Crippen molar-refractivity contribution in [1.82, 2.24) is 0 Å². The van der Waals surface area contributed by atoms with E-state index in [0.717, 1.165) is 6.07 Å². The first-order valence-electron chi connectivity index (χ1n) is 3.02. The van der Waals surface area contributed by atoms with Gasteiger partial charge >= 0.3 is 7.12 Å². The summed E-state index contributed by atoms with van der Waals surface area (Å²) in [5.74, 6) is -0.708. The lowest BCUT2D eigenvalue weighted by Crippen LogP contribution is -2.32. The van der Waals surface area contributed by atoms with E-state index in [-0.39, 0.29) is 23.6 Å². The molecule has 0 spiro atoms. The van der Waals surface area contributed by atoms with E-state index in [1.807, 2.05) is 0 Å². The fraction of sp³-hybridized carbons (Fsp3) is 0. The predicted molar refractivity (Wildman–Crippen MR) is 47.9 cm³/mol. The van der Waals surface area contributed by atoms with Crippen LogP contribution in [0.15, 0.2) is 18.2 Å². The van der Waals surface area contributed by atoms with Gasteiger partial charge in [0.2, 0.25) is 0 Å². The zero-order valence-electron chi connectivity index (χ0n) is 6.07. The van der Waals surface area contributed by atoms with Crippen molar-refractivity contribution in [3.05, 3.63) is 24.0 Å². The lowest BCUT2D eigenvalue weighted by atomic mass is 9.80. The summed E-state index contributed by atoms with van der Waals surface area (Å²) in [5.41, 5.74) is 5.31. The quantitative estimate of drug-likeness (QED) is 0.414. The molecule has 0 unspecified atom stereocenters. The summed E-state index contributed by atoms with van der Waals surface area (Å²) in [6.07, 6.45) is 0. The van der Waals surface area contributed by atoms with Crippen molar-refractivity contribution in [1.29, 1.82) is 0 Å². The van der Waals surface area contributed by atoms with Gasteiger partial charge in [0.05, 0.1) is 0 Å². The Morgan fingerprint density at radius 2 is 1.92 bits per heavy atom. The minimum absolute atomic E-state index is 0. The number of benzene rings is 1. The molecule has 4 N–H and O–H groups in total. The molecule has 1 aromatic rings. The highest BCUT2D eigenvalue weighted by Gasteiger charge is 2.15. The van der Waals surface area contributed by atoms with Crippen molar-refractivity contribution in [2.24, 2.45) is 0 Å². The highest BCUT2D eigenvalue weighted by Crippen LogP contribution is 2.02. The Labute approximate surface area is 75.6 Å². The maximum absolute atomic E-state index is 12.7. The second kappa shape index (κ2) is 4.30. The topological polar surface area (TPSA) is 66.5 Å². The number of hydrogen-bond donors (Lipinski definition) is 3. The van der Waals surface area contributed by atoms with E-state index in [0.29, 0.717) is 0 Å². The minimum atomic E-state index is -1.78. The molecular formula is C6H8BClFNO2. The summed E-state index contributed by atoms with van der Waals surface area (Å²) in [4.78, 5) is 0. The third kappa shape index (κ3) is 2.37. The van der Waals surface area contributed by atoms with Gasteiger partial charge in [0.25, 0.3) is 0 Å². The third-order valence-electron chi connectivity index (χ3n) is 1.30. The zero-order chi connectivity index (χ0) is 8.43. The molecule has 1 rings (SSSR count). The number of rotatable bonds is 1. The molecule has 0 amide bonds. The Hall–Kier alpha value is -0.775. The molecule has 1 aromatic carbocycles. The van der Waals surface area contributed by atoms with Crippen LogP contribution in [0.3, 0.4) is 0 Å². The minimum Gasteiger partial charge on any atom is -0.423 e. The van der Waals surface area contributed by atoms with Crippen LogP contribution in [0.2, 0.25) is 0 Å². The largest absolute Gasteiger partial charge is 0.491 e.